The van der Waals surface area contributed by atoms with E-state index in [1.807, 2.05) is 0 Å². The summed E-state index contributed by atoms with van der Waals surface area (Å²) >= 11 is 4.78. The maximum Gasteiger partial charge on any atom is 0.274 e. The standard InChI is InChI=1S/C13H10FN3OS/c14-8-4-3-6-9(11(8)12(15)19)17-13(18)10-5-1-2-7-16-10/h1-7H,(H2,15,19)(H,17,18). The van der Waals surface area contributed by atoms with Crippen molar-refractivity contribution >= 4 is 28.8 Å². The lowest BCUT2D eigenvalue weighted by Gasteiger charge is -2.10. The molecule has 0 aliphatic rings. The quantitative estimate of drug-likeness (QED) is 0.842. The van der Waals surface area contributed by atoms with Crippen LogP contribution >= 0.6 is 12.2 Å². The largest absolute Gasteiger partial charge is 0.389 e. The Kier molecular flexibility index (Phi) is 3.82. The molecular weight excluding hydrogens is 265 g/mol. The van der Waals surface area contributed by atoms with Crippen LogP contribution in [0.2, 0.25) is 0 Å². The number of rotatable bonds is 3. The van der Waals surface area contributed by atoms with E-state index in [1.165, 1.54) is 24.4 Å². The van der Waals surface area contributed by atoms with Gasteiger partial charge in [0.1, 0.15) is 16.5 Å². The molecule has 6 heteroatoms. The zero-order valence-electron chi connectivity index (χ0n) is 9.76. The number of nitrogens with one attached hydrogen (secondary N) is 1. The molecule has 0 saturated heterocycles. The third-order valence-corrected chi connectivity index (χ3v) is 2.61. The molecule has 1 aromatic heterocycles. The highest BCUT2D eigenvalue weighted by atomic mass is 32.1. The molecule has 3 N–H and O–H groups in total. The van der Waals surface area contributed by atoms with E-state index < -0.39 is 11.7 Å². The molecule has 0 saturated carbocycles. The van der Waals surface area contributed by atoms with Crippen molar-refractivity contribution in [1.29, 1.82) is 0 Å². The number of carbonyl (C=O) groups excluding carboxylic acids is 1. The maximum atomic E-state index is 13.6. The van der Waals surface area contributed by atoms with E-state index in [2.05, 4.69) is 10.3 Å². The van der Waals surface area contributed by atoms with Crippen molar-refractivity contribution in [3.63, 3.8) is 0 Å². The van der Waals surface area contributed by atoms with Crippen molar-refractivity contribution in [2.45, 2.75) is 0 Å². The number of halogens is 1. The first-order valence-electron chi connectivity index (χ1n) is 5.40. The van der Waals surface area contributed by atoms with Gasteiger partial charge in [-0.3, -0.25) is 9.78 Å². The number of hydrogen-bond acceptors (Lipinski definition) is 3. The monoisotopic (exact) mass is 275 g/mol. The van der Waals surface area contributed by atoms with Gasteiger partial charge in [0.05, 0.1) is 11.3 Å². The molecular formula is C13H10FN3OS. The van der Waals surface area contributed by atoms with Gasteiger partial charge in [-0.15, -0.1) is 0 Å². The highest BCUT2D eigenvalue weighted by molar-refractivity contribution is 7.80. The summed E-state index contributed by atoms with van der Waals surface area (Å²) in [6, 6.07) is 9.14. The molecule has 2 aromatic rings. The summed E-state index contributed by atoms with van der Waals surface area (Å²) in [5.74, 6) is -1.03. The van der Waals surface area contributed by atoms with E-state index in [1.54, 1.807) is 18.2 Å². The van der Waals surface area contributed by atoms with E-state index in [0.717, 1.165) is 0 Å². The summed E-state index contributed by atoms with van der Waals surface area (Å²) in [5.41, 5.74) is 5.92. The van der Waals surface area contributed by atoms with Gasteiger partial charge in [-0.2, -0.15) is 0 Å². The van der Waals surface area contributed by atoms with Crippen LogP contribution in [0.3, 0.4) is 0 Å². The van der Waals surface area contributed by atoms with Gasteiger partial charge < -0.3 is 11.1 Å². The summed E-state index contributed by atoms with van der Waals surface area (Å²) in [7, 11) is 0. The molecule has 0 radical (unpaired) electrons. The van der Waals surface area contributed by atoms with Gasteiger partial charge in [0.25, 0.3) is 5.91 Å². The number of aromatic nitrogens is 1. The minimum absolute atomic E-state index is 0.0155. The van der Waals surface area contributed by atoms with E-state index in [-0.39, 0.29) is 21.9 Å². The maximum absolute atomic E-state index is 13.6. The van der Waals surface area contributed by atoms with Crippen molar-refractivity contribution in [3.05, 3.63) is 59.7 Å². The molecule has 19 heavy (non-hydrogen) atoms. The number of pyridine rings is 1. The second-order valence-corrected chi connectivity index (χ2v) is 4.14. The van der Waals surface area contributed by atoms with Gasteiger partial charge in [-0.05, 0) is 24.3 Å². The zero-order chi connectivity index (χ0) is 13.8. The molecule has 0 spiro atoms. The molecule has 1 heterocycles. The number of amides is 1. The first-order valence-corrected chi connectivity index (χ1v) is 5.81. The minimum atomic E-state index is -0.577. The molecule has 0 bridgehead atoms. The predicted octanol–water partition coefficient (Wildman–Crippen LogP) is 2.11. The van der Waals surface area contributed by atoms with Crippen LogP contribution in [-0.4, -0.2) is 15.9 Å². The highest BCUT2D eigenvalue weighted by Gasteiger charge is 2.14. The van der Waals surface area contributed by atoms with Crippen molar-refractivity contribution in [3.8, 4) is 0 Å². The van der Waals surface area contributed by atoms with Gasteiger partial charge in [0.15, 0.2) is 0 Å². The summed E-state index contributed by atoms with van der Waals surface area (Å²) in [4.78, 5) is 15.7. The fraction of sp³-hybridized carbons (Fsp3) is 0. The number of carbonyl (C=O) groups is 1. The topological polar surface area (TPSA) is 68.0 Å². The molecule has 0 unspecified atom stereocenters. The van der Waals surface area contributed by atoms with Crippen molar-refractivity contribution in [2.24, 2.45) is 5.73 Å². The second-order valence-electron chi connectivity index (χ2n) is 3.70. The van der Waals surface area contributed by atoms with Crippen LogP contribution in [0, 0.1) is 5.82 Å². The molecule has 1 aromatic carbocycles. The molecule has 0 fully saturated rings. The fourth-order valence-electron chi connectivity index (χ4n) is 1.56. The summed E-state index contributed by atoms with van der Waals surface area (Å²) in [6.07, 6.45) is 1.50. The van der Waals surface area contributed by atoms with Crippen molar-refractivity contribution in [2.75, 3.05) is 5.32 Å². The Morgan fingerprint density at radius 2 is 2.05 bits per heavy atom. The van der Waals surface area contributed by atoms with Crippen LogP contribution in [-0.2, 0) is 0 Å². The molecule has 2 rings (SSSR count). The number of thiocarbonyl (C=S) groups is 1. The SMILES string of the molecule is NC(=S)c1c(F)cccc1NC(=O)c1ccccn1. The number of benzene rings is 1. The number of hydrogen-bond donors (Lipinski definition) is 2. The lowest BCUT2D eigenvalue weighted by atomic mass is 10.1. The summed E-state index contributed by atoms with van der Waals surface area (Å²) < 4.78 is 13.6. The van der Waals surface area contributed by atoms with Crippen molar-refractivity contribution < 1.29 is 9.18 Å². The highest BCUT2D eigenvalue weighted by Crippen LogP contribution is 2.19. The number of anilines is 1. The molecule has 0 aliphatic heterocycles. The van der Waals surface area contributed by atoms with E-state index >= 15 is 0 Å². The summed E-state index contributed by atoms with van der Waals surface area (Å²) in [5, 5.41) is 2.54. The Balaban J connectivity index is 2.32. The predicted molar refractivity (Wildman–Crippen MR) is 74.5 cm³/mol. The third kappa shape index (κ3) is 2.92. The van der Waals surface area contributed by atoms with Gasteiger partial charge in [-0.25, -0.2) is 4.39 Å². The van der Waals surface area contributed by atoms with E-state index in [4.69, 9.17) is 18.0 Å². The number of nitrogens with two attached hydrogens (primary N) is 1. The van der Waals surface area contributed by atoms with Crippen molar-refractivity contribution in [1.82, 2.24) is 4.98 Å². The molecule has 96 valence electrons. The van der Waals surface area contributed by atoms with Crippen LogP contribution in [0.1, 0.15) is 16.1 Å². The average Bonchev–Trinajstić information content (AvgIpc) is 2.39. The normalized spacial score (nSPS) is 9.95. The first-order chi connectivity index (χ1) is 9.09. The number of nitrogens with zero attached hydrogens (tertiary/aromatic N) is 1. The van der Waals surface area contributed by atoms with E-state index in [9.17, 15) is 9.18 Å². The molecule has 4 nitrogen and oxygen atoms in total. The van der Waals surface area contributed by atoms with Gasteiger partial charge in [-0.1, -0.05) is 24.4 Å². The van der Waals surface area contributed by atoms with Gasteiger partial charge in [0, 0.05) is 6.20 Å². The van der Waals surface area contributed by atoms with Crippen LogP contribution in [0.5, 0.6) is 0 Å². The minimum Gasteiger partial charge on any atom is -0.389 e. The van der Waals surface area contributed by atoms with Crippen LogP contribution in [0.25, 0.3) is 0 Å². The molecule has 0 aliphatic carbocycles. The first kappa shape index (κ1) is 13.1. The smallest absolute Gasteiger partial charge is 0.274 e. The Morgan fingerprint density at radius 1 is 1.26 bits per heavy atom. The molecule has 1 amide bonds. The van der Waals surface area contributed by atoms with Gasteiger partial charge >= 0.3 is 0 Å². The lowest BCUT2D eigenvalue weighted by molar-refractivity contribution is 0.102. The van der Waals surface area contributed by atoms with Crippen LogP contribution in [0.4, 0.5) is 10.1 Å². The molecule has 0 atom stereocenters. The van der Waals surface area contributed by atoms with E-state index in [0.29, 0.717) is 0 Å². The second kappa shape index (κ2) is 5.53. The summed E-state index contributed by atoms with van der Waals surface area (Å²) in [6.45, 7) is 0. The van der Waals surface area contributed by atoms with Gasteiger partial charge in [0.2, 0.25) is 0 Å². The Bertz CT molecular complexity index is 631. The zero-order valence-corrected chi connectivity index (χ0v) is 10.6. The van der Waals surface area contributed by atoms with Crippen LogP contribution in [0.15, 0.2) is 42.6 Å². The Hall–Kier alpha value is -2.34. The third-order valence-electron chi connectivity index (χ3n) is 2.41. The fourth-order valence-corrected chi connectivity index (χ4v) is 1.77. The average molecular weight is 275 g/mol. The Morgan fingerprint density at radius 3 is 2.68 bits per heavy atom. The van der Waals surface area contributed by atoms with Crippen LogP contribution < -0.4 is 11.1 Å². The lowest BCUT2D eigenvalue weighted by Crippen LogP contribution is -2.19. The Labute approximate surface area is 114 Å².